The summed E-state index contributed by atoms with van der Waals surface area (Å²) in [5.74, 6) is 6.81. The van der Waals surface area contributed by atoms with Crippen LogP contribution < -0.4 is 16.1 Å². The summed E-state index contributed by atoms with van der Waals surface area (Å²) in [6.45, 7) is 9.56. The fourth-order valence-electron chi connectivity index (χ4n) is 3.68. The van der Waals surface area contributed by atoms with Crippen LogP contribution in [0, 0.1) is 6.92 Å². The van der Waals surface area contributed by atoms with Gasteiger partial charge in [0.05, 0.1) is 5.75 Å². The third kappa shape index (κ3) is 5.23. The van der Waals surface area contributed by atoms with Gasteiger partial charge in [-0.2, -0.15) is 0 Å². The molecule has 4 rings (SSSR count). The maximum Gasteiger partial charge on any atom is 0.234 e. The lowest BCUT2D eigenvalue weighted by atomic mass is 10.1. The summed E-state index contributed by atoms with van der Waals surface area (Å²) < 4.78 is 1.43. The Kier molecular flexibility index (Phi) is 6.96. The minimum atomic E-state index is -0.112. The van der Waals surface area contributed by atoms with Gasteiger partial charge in [-0.1, -0.05) is 48.5 Å². The van der Waals surface area contributed by atoms with Crippen LogP contribution in [-0.4, -0.2) is 64.2 Å². The number of likely N-dealkylation sites (N-methyl/N-ethyl adjacent to an activating group) is 1. The van der Waals surface area contributed by atoms with Gasteiger partial charge in [0.2, 0.25) is 11.1 Å². The van der Waals surface area contributed by atoms with E-state index in [9.17, 15) is 4.79 Å². The second kappa shape index (κ2) is 10.1. The average molecular weight is 452 g/mol. The molecule has 1 saturated heterocycles. The number of hydrogen-bond acceptors (Lipinski definition) is 7. The van der Waals surface area contributed by atoms with Gasteiger partial charge in [-0.3, -0.25) is 4.79 Å². The first-order valence-corrected chi connectivity index (χ1v) is 11.8. The number of nitrogens with zero attached hydrogens (tertiary/aromatic N) is 5. The first kappa shape index (κ1) is 22.2. The Hall–Kier alpha value is -3.04. The minimum Gasteiger partial charge on any atom is -0.369 e. The van der Waals surface area contributed by atoms with Crippen molar-refractivity contribution >= 4 is 29.0 Å². The molecule has 0 saturated carbocycles. The number of nitrogens with one attached hydrogen (secondary N) is 1. The van der Waals surface area contributed by atoms with E-state index in [-0.39, 0.29) is 11.7 Å². The molecule has 0 atom stereocenters. The van der Waals surface area contributed by atoms with Crippen LogP contribution in [-0.2, 0) is 4.79 Å². The molecule has 0 radical (unpaired) electrons. The molecule has 1 aromatic heterocycles. The molecular weight excluding hydrogens is 422 g/mol. The predicted octanol–water partition coefficient (Wildman–Crippen LogP) is 2.84. The molecule has 0 bridgehead atoms. The highest BCUT2D eigenvalue weighted by molar-refractivity contribution is 7.99. The third-order valence-electron chi connectivity index (χ3n) is 5.64. The van der Waals surface area contributed by atoms with Crippen LogP contribution in [0.15, 0.2) is 53.7 Å². The Morgan fingerprint density at radius 2 is 1.72 bits per heavy atom. The SMILES string of the molecule is CCN1CCN(c2ccc(NC(=O)CSc3nnc(-c4ccc(C)cc4)n3N)cc2)CC1. The molecule has 1 fully saturated rings. The van der Waals surface area contributed by atoms with Crippen LogP contribution >= 0.6 is 11.8 Å². The Labute approximate surface area is 192 Å². The Morgan fingerprint density at radius 1 is 1.03 bits per heavy atom. The van der Waals surface area contributed by atoms with Crippen LogP contribution in [0.4, 0.5) is 11.4 Å². The van der Waals surface area contributed by atoms with Crippen LogP contribution in [0.3, 0.4) is 0 Å². The van der Waals surface area contributed by atoms with Crippen molar-refractivity contribution in [2.45, 2.75) is 19.0 Å². The highest BCUT2D eigenvalue weighted by Crippen LogP contribution is 2.23. The maximum atomic E-state index is 12.4. The Morgan fingerprint density at radius 3 is 2.38 bits per heavy atom. The predicted molar refractivity (Wildman–Crippen MR) is 130 cm³/mol. The first-order valence-electron chi connectivity index (χ1n) is 10.8. The van der Waals surface area contributed by atoms with Crippen LogP contribution in [0.5, 0.6) is 0 Å². The fraction of sp³-hybridized carbons (Fsp3) is 0.348. The quantitative estimate of drug-likeness (QED) is 0.421. The number of thioether (sulfide) groups is 1. The van der Waals surface area contributed by atoms with Gasteiger partial charge in [0, 0.05) is 43.1 Å². The molecule has 8 nitrogen and oxygen atoms in total. The number of benzene rings is 2. The minimum absolute atomic E-state index is 0.112. The smallest absolute Gasteiger partial charge is 0.234 e. The van der Waals surface area contributed by atoms with Gasteiger partial charge in [-0.15, -0.1) is 10.2 Å². The molecule has 3 aromatic rings. The largest absolute Gasteiger partial charge is 0.369 e. The summed E-state index contributed by atoms with van der Waals surface area (Å²) in [6, 6.07) is 15.9. The van der Waals surface area contributed by atoms with E-state index in [1.165, 1.54) is 22.1 Å². The van der Waals surface area contributed by atoms with Gasteiger partial charge in [-0.05, 0) is 37.7 Å². The van der Waals surface area contributed by atoms with Crippen molar-refractivity contribution in [3.05, 3.63) is 54.1 Å². The molecule has 0 spiro atoms. The number of carbonyl (C=O) groups excluding carboxylic acids is 1. The van der Waals surface area contributed by atoms with Gasteiger partial charge in [0.15, 0.2) is 5.82 Å². The van der Waals surface area contributed by atoms with Crippen molar-refractivity contribution in [1.82, 2.24) is 19.8 Å². The summed E-state index contributed by atoms with van der Waals surface area (Å²) in [5, 5.41) is 11.7. The standard InChI is InChI=1S/C23H29N7OS/c1-3-28-12-14-29(15-13-28)20-10-8-19(9-11-20)25-21(31)16-32-23-27-26-22(30(23)24)18-6-4-17(2)5-7-18/h4-11H,3,12-16,24H2,1-2H3,(H,25,31). The molecule has 1 amide bonds. The molecule has 9 heteroatoms. The van der Waals surface area contributed by atoms with E-state index in [1.807, 2.05) is 43.3 Å². The summed E-state index contributed by atoms with van der Waals surface area (Å²) >= 11 is 1.26. The van der Waals surface area contributed by atoms with Gasteiger partial charge >= 0.3 is 0 Å². The maximum absolute atomic E-state index is 12.4. The van der Waals surface area contributed by atoms with E-state index in [0.29, 0.717) is 11.0 Å². The van der Waals surface area contributed by atoms with E-state index >= 15 is 0 Å². The van der Waals surface area contributed by atoms with Gasteiger partial charge < -0.3 is 21.0 Å². The third-order valence-corrected chi connectivity index (χ3v) is 6.59. The van der Waals surface area contributed by atoms with Crippen molar-refractivity contribution in [3.8, 4) is 11.4 Å². The molecule has 1 aliphatic heterocycles. The van der Waals surface area contributed by atoms with Crippen LogP contribution in [0.1, 0.15) is 12.5 Å². The number of nitrogens with two attached hydrogens (primary N) is 1. The van der Waals surface area contributed by atoms with E-state index in [4.69, 9.17) is 5.84 Å². The number of nitrogen functional groups attached to an aromatic ring is 1. The molecule has 32 heavy (non-hydrogen) atoms. The molecule has 0 aliphatic carbocycles. The summed E-state index contributed by atoms with van der Waals surface area (Å²) in [4.78, 5) is 17.3. The molecule has 2 heterocycles. The average Bonchev–Trinajstić information content (AvgIpc) is 3.19. The van der Waals surface area contributed by atoms with E-state index < -0.39 is 0 Å². The monoisotopic (exact) mass is 451 g/mol. The molecule has 2 aromatic carbocycles. The Balaban J connectivity index is 1.29. The van der Waals surface area contributed by atoms with Gasteiger partial charge in [-0.25, -0.2) is 4.68 Å². The number of piperazine rings is 1. The number of rotatable bonds is 7. The van der Waals surface area contributed by atoms with E-state index in [2.05, 4.69) is 44.4 Å². The number of aryl methyl sites for hydroxylation is 1. The second-order valence-corrected chi connectivity index (χ2v) is 8.79. The molecular formula is C23H29N7OS. The zero-order valence-corrected chi connectivity index (χ0v) is 19.3. The zero-order valence-electron chi connectivity index (χ0n) is 18.5. The van der Waals surface area contributed by atoms with E-state index in [0.717, 1.165) is 49.5 Å². The number of carbonyl (C=O) groups is 1. The molecule has 3 N–H and O–H groups in total. The van der Waals surface area contributed by atoms with Crippen molar-refractivity contribution in [2.75, 3.05) is 54.5 Å². The van der Waals surface area contributed by atoms with E-state index in [1.54, 1.807) is 0 Å². The molecule has 1 aliphatic rings. The number of hydrogen-bond donors (Lipinski definition) is 2. The second-order valence-electron chi connectivity index (χ2n) is 7.85. The highest BCUT2D eigenvalue weighted by Gasteiger charge is 2.16. The van der Waals surface area contributed by atoms with Crippen LogP contribution in [0.2, 0.25) is 0 Å². The molecule has 168 valence electrons. The Bertz CT molecular complexity index is 1040. The number of amides is 1. The van der Waals surface area contributed by atoms with Crippen molar-refractivity contribution < 1.29 is 4.79 Å². The lowest BCUT2D eigenvalue weighted by Crippen LogP contribution is -2.46. The van der Waals surface area contributed by atoms with Crippen molar-refractivity contribution in [2.24, 2.45) is 0 Å². The van der Waals surface area contributed by atoms with Gasteiger partial charge in [0.1, 0.15) is 0 Å². The number of aromatic nitrogens is 3. The summed E-state index contributed by atoms with van der Waals surface area (Å²) in [5.41, 5.74) is 4.02. The normalized spacial score (nSPS) is 14.5. The topological polar surface area (TPSA) is 92.3 Å². The summed E-state index contributed by atoms with van der Waals surface area (Å²) in [6.07, 6.45) is 0. The highest BCUT2D eigenvalue weighted by atomic mass is 32.2. The lowest BCUT2D eigenvalue weighted by molar-refractivity contribution is -0.113. The van der Waals surface area contributed by atoms with Gasteiger partial charge in [0.25, 0.3) is 0 Å². The number of anilines is 2. The van der Waals surface area contributed by atoms with Crippen molar-refractivity contribution in [1.29, 1.82) is 0 Å². The van der Waals surface area contributed by atoms with Crippen LogP contribution in [0.25, 0.3) is 11.4 Å². The van der Waals surface area contributed by atoms with Crippen molar-refractivity contribution in [3.63, 3.8) is 0 Å². The fourth-order valence-corrected chi connectivity index (χ4v) is 4.34. The summed E-state index contributed by atoms with van der Waals surface area (Å²) in [7, 11) is 0. The zero-order chi connectivity index (χ0) is 22.5. The molecule has 0 unspecified atom stereocenters. The first-order chi connectivity index (χ1) is 15.5. The lowest BCUT2D eigenvalue weighted by Gasteiger charge is -2.35.